The number of hydrogen-bond donors (Lipinski definition) is 2. The average Bonchev–Trinajstić information content (AvgIpc) is 3.16. The van der Waals surface area contributed by atoms with E-state index in [2.05, 4.69) is 36.6 Å². The summed E-state index contributed by atoms with van der Waals surface area (Å²) in [6.07, 6.45) is 4.62. The van der Waals surface area contributed by atoms with Crippen molar-refractivity contribution in [3.63, 3.8) is 0 Å². The van der Waals surface area contributed by atoms with Gasteiger partial charge in [0.05, 0.1) is 11.5 Å². The zero-order valence-corrected chi connectivity index (χ0v) is 15.3. The Morgan fingerprint density at radius 1 is 1.33 bits per heavy atom. The number of carbonyl (C=O) groups excluding carboxylic acids is 1. The Balaban J connectivity index is 0.00000169. The maximum absolute atomic E-state index is 13.1. The molecule has 2 heterocycles. The standard InChI is InChI=1S/C19H26N2O2.ClH/c1-12-6-7-15-16(10-23-17(15)13(12)2)21-18(22)19-8-4-3-5-14(19)9-20-11-19;/h6-7,14,16,20H,3-5,8-11H2,1-2H3,(H,21,22);1H/t14-,16?,19+;/m0./s1. The van der Waals surface area contributed by atoms with Crippen molar-refractivity contribution in [2.75, 3.05) is 19.7 Å². The van der Waals surface area contributed by atoms with Crippen LogP contribution in [0.3, 0.4) is 0 Å². The molecule has 0 aromatic heterocycles. The highest BCUT2D eigenvalue weighted by Gasteiger charge is 2.50. The summed E-state index contributed by atoms with van der Waals surface area (Å²) in [6.45, 7) is 6.57. The van der Waals surface area contributed by atoms with E-state index in [4.69, 9.17) is 4.74 Å². The topological polar surface area (TPSA) is 50.4 Å². The smallest absolute Gasteiger partial charge is 0.228 e. The first-order valence-corrected chi connectivity index (χ1v) is 8.86. The second-order valence-electron chi connectivity index (χ2n) is 7.49. The zero-order valence-electron chi connectivity index (χ0n) is 14.5. The van der Waals surface area contributed by atoms with Crippen molar-refractivity contribution in [2.45, 2.75) is 45.6 Å². The van der Waals surface area contributed by atoms with E-state index in [1.54, 1.807) is 0 Å². The van der Waals surface area contributed by atoms with Crippen LogP contribution < -0.4 is 15.4 Å². The van der Waals surface area contributed by atoms with Gasteiger partial charge in [0.1, 0.15) is 12.4 Å². The molecule has 0 radical (unpaired) electrons. The number of halogens is 1. The average molecular weight is 351 g/mol. The second-order valence-corrected chi connectivity index (χ2v) is 7.49. The van der Waals surface area contributed by atoms with E-state index >= 15 is 0 Å². The summed E-state index contributed by atoms with van der Waals surface area (Å²) in [5.74, 6) is 1.70. The fourth-order valence-corrected chi connectivity index (χ4v) is 4.65. The van der Waals surface area contributed by atoms with Crippen molar-refractivity contribution < 1.29 is 9.53 Å². The quantitative estimate of drug-likeness (QED) is 0.862. The van der Waals surface area contributed by atoms with Crippen molar-refractivity contribution >= 4 is 18.3 Å². The summed E-state index contributed by atoms with van der Waals surface area (Å²) >= 11 is 0. The molecule has 1 aromatic carbocycles. The van der Waals surface area contributed by atoms with E-state index in [1.807, 2.05) is 0 Å². The number of amides is 1. The number of carbonyl (C=O) groups is 1. The van der Waals surface area contributed by atoms with Crippen LogP contribution in [0.4, 0.5) is 0 Å². The molecule has 2 aliphatic heterocycles. The van der Waals surface area contributed by atoms with Gasteiger partial charge in [0.15, 0.2) is 0 Å². The zero-order chi connectivity index (χ0) is 16.0. The van der Waals surface area contributed by atoms with Gasteiger partial charge in [-0.3, -0.25) is 4.79 Å². The second kappa shape index (κ2) is 6.57. The van der Waals surface area contributed by atoms with Gasteiger partial charge in [0.25, 0.3) is 0 Å². The molecule has 2 N–H and O–H groups in total. The van der Waals surface area contributed by atoms with Gasteiger partial charge < -0.3 is 15.4 Å². The number of fused-ring (bicyclic) bond motifs is 2. The summed E-state index contributed by atoms with van der Waals surface area (Å²) in [5, 5.41) is 6.76. The Morgan fingerprint density at radius 3 is 3.00 bits per heavy atom. The van der Waals surface area contributed by atoms with Gasteiger partial charge in [-0.15, -0.1) is 12.4 Å². The normalized spacial score (nSPS) is 30.8. The number of benzene rings is 1. The third-order valence-electron chi connectivity index (χ3n) is 6.27. The molecule has 0 spiro atoms. The first-order valence-electron chi connectivity index (χ1n) is 8.86. The number of hydrogen-bond acceptors (Lipinski definition) is 3. The van der Waals surface area contributed by atoms with Crippen molar-refractivity contribution in [3.8, 4) is 5.75 Å². The molecule has 0 bridgehead atoms. The molecule has 3 aliphatic rings. The number of ether oxygens (including phenoxy) is 1. The predicted octanol–water partition coefficient (Wildman–Crippen LogP) is 3.05. The minimum absolute atomic E-state index is 0. The van der Waals surface area contributed by atoms with E-state index in [0.29, 0.717) is 12.5 Å². The van der Waals surface area contributed by atoms with Crippen LogP contribution in [0.1, 0.15) is 48.4 Å². The Kier molecular flexibility index (Phi) is 4.80. The maximum atomic E-state index is 13.1. The van der Waals surface area contributed by atoms with Crippen molar-refractivity contribution in [1.29, 1.82) is 0 Å². The Morgan fingerprint density at radius 2 is 2.17 bits per heavy atom. The van der Waals surface area contributed by atoms with Crippen LogP contribution in [-0.4, -0.2) is 25.6 Å². The molecule has 2 fully saturated rings. The van der Waals surface area contributed by atoms with E-state index < -0.39 is 0 Å². The van der Waals surface area contributed by atoms with Gasteiger partial charge >= 0.3 is 0 Å². The Hall–Kier alpha value is -1.26. The first kappa shape index (κ1) is 17.6. The lowest BCUT2D eigenvalue weighted by Crippen LogP contribution is -2.49. The van der Waals surface area contributed by atoms with Crippen LogP contribution in [0.15, 0.2) is 12.1 Å². The van der Waals surface area contributed by atoms with Gasteiger partial charge in [-0.2, -0.15) is 0 Å². The van der Waals surface area contributed by atoms with E-state index in [0.717, 1.165) is 30.8 Å². The molecular weight excluding hydrogens is 324 g/mol. The van der Waals surface area contributed by atoms with Crippen molar-refractivity contribution in [2.24, 2.45) is 11.3 Å². The minimum Gasteiger partial charge on any atom is -0.490 e. The first-order chi connectivity index (χ1) is 11.1. The molecule has 24 heavy (non-hydrogen) atoms. The van der Waals surface area contributed by atoms with Gasteiger partial charge in [-0.1, -0.05) is 25.0 Å². The predicted molar refractivity (Wildman–Crippen MR) is 96.8 cm³/mol. The third-order valence-corrected chi connectivity index (χ3v) is 6.27. The monoisotopic (exact) mass is 350 g/mol. The molecule has 1 unspecified atom stereocenters. The molecular formula is C19H27ClN2O2. The molecule has 1 amide bonds. The molecule has 132 valence electrons. The van der Waals surface area contributed by atoms with Gasteiger partial charge in [-0.05, 0) is 50.3 Å². The summed E-state index contributed by atoms with van der Waals surface area (Å²) in [6, 6.07) is 4.23. The summed E-state index contributed by atoms with van der Waals surface area (Å²) in [5.41, 5.74) is 3.37. The highest BCUT2D eigenvalue weighted by molar-refractivity contribution is 5.85. The lowest BCUT2D eigenvalue weighted by Gasteiger charge is -2.37. The fourth-order valence-electron chi connectivity index (χ4n) is 4.65. The summed E-state index contributed by atoms with van der Waals surface area (Å²) in [7, 11) is 0. The van der Waals surface area contributed by atoms with Crippen LogP contribution in [0.2, 0.25) is 0 Å². The molecule has 1 aliphatic carbocycles. The van der Waals surface area contributed by atoms with Crippen molar-refractivity contribution in [1.82, 2.24) is 10.6 Å². The van der Waals surface area contributed by atoms with Crippen molar-refractivity contribution in [3.05, 3.63) is 28.8 Å². The van der Waals surface area contributed by atoms with Gasteiger partial charge in [-0.25, -0.2) is 0 Å². The number of rotatable bonds is 2. The van der Waals surface area contributed by atoms with Crippen LogP contribution >= 0.6 is 12.4 Å². The highest BCUT2D eigenvalue weighted by atomic mass is 35.5. The van der Waals surface area contributed by atoms with Gasteiger partial charge in [0.2, 0.25) is 5.91 Å². The van der Waals surface area contributed by atoms with Crippen LogP contribution in [0, 0.1) is 25.2 Å². The number of aryl methyl sites for hydroxylation is 1. The molecule has 4 rings (SSSR count). The van der Waals surface area contributed by atoms with E-state index in [9.17, 15) is 4.79 Å². The van der Waals surface area contributed by atoms with Crippen LogP contribution in [-0.2, 0) is 4.79 Å². The molecule has 5 heteroatoms. The summed E-state index contributed by atoms with van der Waals surface area (Å²) < 4.78 is 5.89. The summed E-state index contributed by atoms with van der Waals surface area (Å²) in [4.78, 5) is 13.1. The third kappa shape index (κ3) is 2.60. The molecule has 1 saturated heterocycles. The molecule has 1 saturated carbocycles. The fraction of sp³-hybridized carbons (Fsp3) is 0.632. The highest BCUT2D eigenvalue weighted by Crippen LogP contribution is 2.45. The lowest BCUT2D eigenvalue weighted by molar-refractivity contribution is -0.134. The Bertz CT molecular complexity index is 648. The van der Waals surface area contributed by atoms with Gasteiger partial charge in [0, 0.05) is 12.1 Å². The molecule has 3 atom stereocenters. The Labute approximate surface area is 150 Å². The van der Waals surface area contributed by atoms with E-state index in [1.165, 1.54) is 30.4 Å². The largest absolute Gasteiger partial charge is 0.490 e. The van der Waals surface area contributed by atoms with E-state index in [-0.39, 0.29) is 29.8 Å². The van der Waals surface area contributed by atoms with Crippen LogP contribution in [0.25, 0.3) is 0 Å². The maximum Gasteiger partial charge on any atom is 0.228 e. The number of nitrogens with one attached hydrogen (secondary N) is 2. The SMILES string of the molecule is Cc1ccc2c(c1C)OCC2NC(=O)[C@@]12CCCC[C@H]1CNC2.Cl. The lowest BCUT2D eigenvalue weighted by atomic mass is 9.67. The minimum atomic E-state index is -0.194. The van der Waals surface area contributed by atoms with Crippen LogP contribution in [0.5, 0.6) is 5.75 Å². The molecule has 4 nitrogen and oxygen atoms in total. The molecule has 1 aromatic rings.